The van der Waals surface area contributed by atoms with Crippen molar-refractivity contribution in [3.05, 3.63) is 109 Å². The van der Waals surface area contributed by atoms with Crippen LogP contribution in [-0.2, 0) is 20.4 Å². The molecule has 0 radical (unpaired) electrons. The summed E-state index contributed by atoms with van der Waals surface area (Å²) in [6, 6.07) is 37.5. The van der Waals surface area contributed by atoms with Crippen LogP contribution in [0.25, 0.3) is 0 Å². The van der Waals surface area contributed by atoms with Crippen molar-refractivity contribution >= 4 is 22.3 Å². The van der Waals surface area contributed by atoms with Gasteiger partial charge in [-0.3, -0.25) is 0 Å². The Labute approximate surface area is 151 Å². The molecule has 3 aromatic rings. The number of halogens is 1. The second-order valence-electron chi connectivity index (χ2n) is 3.23. The summed E-state index contributed by atoms with van der Waals surface area (Å²) in [4.78, 5) is 0. The minimum absolute atomic E-state index is 0. The topological polar surface area (TPSA) is 0 Å². The fourth-order valence-electron chi connectivity index (χ4n) is 1.03. The summed E-state index contributed by atoms with van der Waals surface area (Å²) in [5.74, 6) is 0. The normalized spacial score (nSPS) is 6.86. The van der Waals surface area contributed by atoms with E-state index in [-0.39, 0.29) is 42.7 Å². The van der Waals surface area contributed by atoms with Crippen LogP contribution in [0.1, 0.15) is 0 Å². The Balaban J connectivity index is -0.000000216. The van der Waals surface area contributed by atoms with Crippen molar-refractivity contribution in [2.45, 2.75) is 0 Å². The van der Waals surface area contributed by atoms with E-state index in [1.165, 1.54) is 0 Å². The Bertz CT molecular complexity index is 308. The maximum atomic E-state index is 2.89. The van der Waals surface area contributed by atoms with Crippen LogP contribution in [-0.4, -0.2) is 0 Å². The van der Waals surface area contributed by atoms with Crippen molar-refractivity contribution in [3.63, 3.8) is 0 Å². The molecule has 0 spiro atoms. The van der Waals surface area contributed by atoms with E-state index in [1.54, 1.807) is 0 Å². The van der Waals surface area contributed by atoms with Crippen LogP contribution in [0.5, 0.6) is 0 Å². The molecule has 3 rings (SSSR count). The fraction of sp³-hybridized carbons (Fsp3) is 0. The Hall–Kier alpha value is -0.958. The van der Waals surface area contributed by atoms with E-state index >= 15 is 0 Å². The molecule has 0 aromatic heterocycles. The molecule has 0 nitrogen and oxygen atoms in total. The molecular weight excluding hydrogens is 389 g/mol. The molecule has 0 aliphatic heterocycles. The number of rotatable bonds is 0. The molecule has 0 aliphatic rings. The standard InChI is InChI=1S/3C6H5.ClH.H3P.Pd/c3*1-2-4-6-5-3-1;;;/h3*1-5H;1H;1H3;/q3*-1;;;. The van der Waals surface area contributed by atoms with Gasteiger partial charge in [-0.25, -0.2) is 0 Å². The van der Waals surface area contributed by atoms with Crippen LogP contribution in [0.15, 0.2) is 91.0 Å². The third-order valence-corrected chi connectivity index (χ3v) is 1.82. The number of hydrogen-bond acceptors (Lipinski definition) is 0. The summed E-state index contributed by atoms with van der Waals surface area (Å²) in [5, 5.41) is 0. The van der Waals surface area contributed by atoms with Gasteiger partial charge in [0.15, 0.2) is 0 Å². The quantitative estimate of drug-likeness (QED) is 0.281. The van der Waals surface area contributed by atoms with E-state index < -0.39 is 0 Å². The molecule has 0 saturated carbocycles. The maximum Gasteiger partial charge on any atom is 0 e. The third kappa shape index (κ3) is 19.0. The first-order valence-electron chi connectivity index (χ1n) is 5.73. The Morgan fingerprint density at radius 1 is 0.381 bits per heavy atom. The SMILES string of the molecule is Cl.P.[Pd].[c-]1ccccc1.[c-]1ccccc1.[c-]1ccccc1. The van der Waals surface area contributed by atoms with Crippen LogP contribution in [0.4, 0.5) is 0 Å². The van der Waals surface area contributed by atoms with Crippen LogP contribution in [0.2, 0.25) is 0 Å². The summed E-state index contributed by atoms with van der Waals surface area (Å²) in [7, 11) is 0. The Morgan fingerprint density at radius 2 is 0.571 bits per heavy atom. The van der Waals surface area contributed by atoms with Crippen molar-refractivity contribution in [1.82, 2.24) is 0 Å². The summed E-state index contributed by atoms with van der Waals surface area (Å²) < 4.78 is 0. The van der Waals surface area contributed by atoms with Gasteiger partial charge >= 0.3 is 0 Å². The molecule has 0 heterocycles. The van der Waals surface area contributed by atoms with Gasteiger partial charge in [-0.1, -0.05) is 0 Å². The first-order chi connectivity index (χ1) is 9.00. The van der Waals surface area contributed by atoms with E-state index in [0.29, 0.717) is 0 Å². The van der Waals surface area contributed by atoms with Crippen LogP contribution < -0.4 is 0 Å². The van der Waals surface area contributed by atoms with E-state index in [1.807, 2.05) is 91.0 Å². The average molecular weight is 408 g/mol. The molecule has 0 saturated heterocycles. The van der Waals surface area contributed by atoms with Crippen LogP contribution in [0.3, 0.4) is 0 Å². The Kier molecular flexibility index (Phi) is 25.4. The first kappa shape index (κ1) is 25.0. The second-order valence-corrected chi connectivity index (χ2v) is 3.23. The predicted molar refractivity (Wildman–Crippen MR) is 94.2 cm³/mol. The first-order valence-corrected chi connectivity index (χ1v) is 5.73. The molecule has 1 unspecified atom stereocenters. The minimum Gasteiger partial charge on any atom is -0.184 e. The van der Waals surface area contributed by atoms with Gasteiger partial charge in [0.1, 0.15) is 0 Å². The van der Waals surface area contributed by atoms with Crippen molar-refractivity contribution in [2.24, 2.45) is 0 Å². The summed E-state index contributed by atoms with van der Waals surface area (Å²) >= 11 is 0. The zero-order valence-electron chi connectivity index (χ0n) is 11.6. The molecule has 3 heteroatoms. The van der Waals surface area contributed by atoms with Gasteiger partial charge < -0.3 is 0 Å². The summed E-state index contributed by atoms with van der Waals surface area (Å²) in [6.07, 6.45) is 0. The van der Waals surface area contributed by atoms with Gasteiger partial charge in [-0.2, -0.15) is 119 Å². The van der Waals surface area contributed by atoms with Crippen molar-refractivity contribution in [1.29, 1.82) is 0 Å². The fourth-order valence-corrected chi connectivity index (χ4v) is 1.03. The van der Waals surface area contributed by atoms with Gasteiger partial charge in [0, 0.05) is 20.4 Å². The molecule has 3 aromatic carbocycles. The van der Waals surface area contributed by atoms with Gasteiger partial charge in [0.2, 0.25) is 0 Å². The van der Waals surface area contributed by atoms with Crippen LogP contribution >= 0.6 is 22.3 Å². The molecular formula is C18H19ClPPd-3. The van der Waals surface area contributed by atoms with Crippen molar-refractivity contribution in [2.75, 3.05) is 0 Å². The van der Waals surface area contributed by atoms with Gasteiger partial charge in [-0.05, 0) is 0 Å². The van der Waals surface area contributed by atoms with E-state index in [9.17, 15) is 0 Å². The molecule has 0 fully saturated rings. The van der Waals surface area contributed by atoms with Crippen molar-refractivity contribution in [3.8, 4) is 0 Å². The number of benzene rings is 3. The smallest absolute Gasteiger partial charge is 0 e. The van der Waals surface area contributed by atoms with Crippen LogP contribution in [0, 0.1) is 18.2 Å². The molecule has 0 bridgehead atoms. The van der Waals surface area contributed by atoms with E-state index in [2.05, 4.69) is 18.2 Å². The van der Waals surface area contributed by atoms with Crippen molar-refractivity contribution < 1.29 is 20.4 Å². The zero-order chi connectivity index (χ0) is 12.7. The molecule has 0 N–H and O–H groups in total. The minimum atomic E-state index is 0. The second kappa shape index (κ2) is 21.3. The molecule has 1 atom stereocenters. The van der Waals surface area contributed by atoms with Gasteiger partial charge in [0.05, 0.1) is 0 Å². The molecule has 0 aliphatic carbocycles. The van der Waals surface area contributed by atoms with E-state index in [4.69, 9.17) is 0 Å². The summed E-state index contributed by atoms with van der Waals surface area (Å²) in [6.45, 7) is 0. The molecule has 0 amide bonds. The van der Waals surface area contributed by atoms with Gasteiger partial charge in [-0.15, -0.1) is 12.4 Å². The van der Waals surface area contributed by atoms with E-state index in [0.717, 1.165) is 0 Å². The zero-order valence-corrected chi connectivity index (χ0v) is 15.4. The third-order valence-electron chi connectivity index (χ3n) is 1.82. The molecule has 21 heavy (non-hydrogen) atoms. The summed E-state index contributed by atoms with van der Waals surface area (Å²) in [5.41, 5.74) is 0. The monoisotopic (exact) mass is 407 g/mol. The predicted octanol–water partition coefficient (Wildman–Crippen LogP) is 4.94. The largest absolute Gasteiger partial charge is 0.184 e. The number of hydrogen-bond donors (Lipinski definition) is 0. The molecule has 116 valence electrons. The maximum absolute atomic E-state index is 2.89. The average Bonchev–Trinajstić information content (AvgIpc) is 2.54. The van der Waals surface area contributed by atoms with Gasteiger partial charge in [0.25, 0.3) is 0 Å². The Morgan fingerprint density at radius 3 is 0.619 bits per heavy atom.